The van der Waals surface area contributed by atoms with Gasteiger partial charge in [-0.2, -0.15) is 0 Å². The highest BCUT2D eigenvalue weighted by atomic mass is 16.3. The Labute approximate surface area is 257 Å². The second-order valence-electron chi connectivity index (χ2n) is 11.8. The minimum absolute atomic E-state index is 0.0250. The van der Waals surface area contributed by atoms with Crippen molar-refractivity contribution in [1.29, 1.82) is 0 Å². The normalized spacial score (nSPS) is 15.1. The van der Waals surface area contributed by atoms with Crippen LogP contribution >= 0.6 is 0 Å². The lowest BCUT2D eigenvalue weighted by molar-refractivity contribution is -0.131. The van der Waals surface area contributed by atoms with Crippen molar-refractivity contribution in [2.75, 3.05) is 36.1 Å². The summed E-state index contributed by atoms with van der Waals surface area (Å²) in [6.07, 6.45) is 4.93. The summed E-state index contributed by atoms with van der Waals surface area (Å²) >= 11 is 0. The number of nitrogen functional groups attached to an aromatic ring is 1. The summed E-state index contributed by atoms with van der Waals surface area (Å²) in [7, 11) is 1.74. The van der Waals surface area contributed by atoms with Gasteiger partial charge in [0.2, 0.25) is 11.8 Å². The Morgan fingerprint density at radius 2 is 1.89 bits per heavy atom. The van der Waals surface area contributed by atoms with E-state index in [0.717, 1.165) is 52.6 Å². The van der Waals surface area contributed by atoms with Gasteiger partial charge in [-0.15, -0.1) is 0 Å². The number of benzene rings is 3. The number of carbonyl (C=O) groups excluding carboxylic acids is 2. The van der Waals surface area contributed by atoms with E-state index in [1.54, 1.807) is 30.3 Å². The van der Waals surface area contributed by atoms with Crippen molar-refractivity contribution >= 4 is 39.6 Å². The molecule has 1 fully saturated rings. The fraction of sp³-hybridized carbons (Fsp3) is 0.343. The molecule has 5 N–H and O–H groups in total. The maximum atomic E-state index is 14.3. The molecule has 1 aliphatic rings. The van der Waals surface area contributed by atoms with Crippen molar-refractivity contribution < 1.29 is 14.7 Å². The van der Waals surface area contributed by atoms with Gasteiger partial charge in [0.1, 0.15) is 6.04 Å². The van der Waals surface area contributed by atoms with Crippen LogP contribution in [0.2, 0.25) is 0 Å². The van der Waals surface area contributed by atoms with Gasteiger partial charge in [-0.3, -0.25) is 14.4 Å². The number of H-pyrrole nitrogens is 1. The van der Waals surface area contributed by atoms with Crippen LogP contribution in [0, 0.1) is 6.92 Å². The Morgan fingerprint density at radius 1 is 1.07 bits per heavy atom. The number of likely N-dealkylation sites (N-methyl/N-ethyl adjacent to an activating group) is 1. The maximum absolute atomic E-state index is 14.3. The Hall–Kier alpha value is -4.63. The zero-order valence-corrected chi connectivity index (χ0v) is 25.6. The number of aromatic amines is 1. The van der Waals surface area contributed by atoms with Crippen molar-refractivity contribution in [2.45, 2.75) is 58.0 Å². The molecule has 2 amide bonds. The Bertz CT molecular complexity index is 1730. The van der Waals surface area contributed by atoms with Crippen LogP contribution in [0.1, 0.15) is 66.8 Å². The number of nitrogens with two attached hydrogens (primary N) is 1. The van der Waals surface area contributed by atoms with Crippen molar-refractivity contribution in [3.05, 3.63) is 99.5 Å². The molecule has 0 aliphatic carbocycles. The van der Waals surface area contributed by atoms with E-state index in [1.807, 2.05) is 67.3 Å². The zero-order chi connectivity index (χ0) is 31.4. The molecule has 1 aliphatic heterocycles. The Kier molecular flexibility index (Phi) is 9.35. The number of aliphatic hydroxyl groups excluding tert-OH is 1. The largest absolute Gasteiger partial charge is 0.399 e. The molecule has 0 unspecified atom stereocenters. The Balaban J connectivity index is 1.50. The van der Waals surface area contributed by atoms with Crippen LogP contribution in [0.5, 0.6) is 0 Å². The van der Waals surface area contributed by atoms with E-state index in [9.17, 15) is 19.5 Å². The first kappa shape index (κ1) is 30.8. The first-order valence-electron chi connectivity index (χ1n) is 15.2. The van der Waals surface area contributed by atoms with Gasteiger partial charge in [0.25, 0.3) is 5.56 Å². The molecule has 0 radical (unpaired) electrons. The van der Waals surface area contributed by atoms with Gasteiger partial charge in [0.15, 0.2) is 0 Å². The van der Waals surface area contributed by atoms with Crippen LogP contribution in [0.4, 0.5) is 17.1 Å². The second-order valence-corrected chi connectivity index (χ2v) is 11.8. The highest BCUT2D eigenvalue weighted by Gasteiger charge is 2.27. The van der Waals surface area contributed by atoms with Crippen LogP contribution < -0.4 is 21.5 Å². The zero-order valence-electron chi connectivity index (χ0n) is 25.6. The van der Waals surface area contributed by atoms with Crippen LogP contribution in [0.15, 0.2) is 71.7 Å². The third kappa shape index (κ3) is 6.63. The quantitative estimate of drug-likeness (QED) is 0.196. The number of hydrogen-bond acceptors (Lipinski definition) is 6. The third-order valence-electron chi connectivity index (χ3n) is 8.52. The number of pyridine rings is 1. The number of carbonyl (C=O) groups is 2. The topological polar surface area (TPSA) is 132 Å². The van der Waals surface area contributed by atoms with Crippen molar-refractivity contribution in [1.82, 2.24) is 9.88 Å². The van der Waals surface area contributed by atoms with E-state index in [-0.39, 0.29) is 36.4 Å². The maximum Gasteiger partial charge on any atom is 0.255 e. The molecule has 0 spiro atoms. The molecular weight excluding hydrogens is 554 g/mol. The number of aryl methyl sites for hydroxylation is 1. The minimum Gasteiger partial charge on any atom is -0.399 e. The number of nitrogens with one attached hydrogen (secondary N) is 2. The molecule has 2 heterocycles. The van der Waals surface area contributed by atoms with Gasteiger partial charge in [0, 0.05) is 67.7 Å². The van der Waals surface area contributed by atoms with Gasteiger partial charge in [0.05, 0.1) is 0 Å². The molecule has 1 saturated heterocycles. The van der Waals surface area contributed by atoms with Gasteiger partial charge >= 0.3 is 0 Å². The van der Waals surface area contributed by atoms with Crippen molar-refractivity contribution in [3.8, 4) is 0 Å². The summed E-state index contributed by atoms with van der Waals surface area (Å²) in [5, 5.41) is 14.4. The highest BCUT2D eigenvalue weighted by molar-refractivity contribution is 5.95. The molecule has 0 bridgehead atoms. The number of aromatic nitrogens is 1. The summed E-state index contributed by atoms with van der Waals surface area (Å²) in [6, 6.07) is 17.9. The lowest BCUT2D eigenvalue weighted by Crippen LogP contribution is -2.36. The van der Waals surface area contributed by atoms with E-state index in [4.69, 9.17) is 5.73 Å². The highest BCUT2D eigenvalue weighted by Crippen LogP contribution is 2.31. The van der Waals surface area contributed by atoms with Crippen LogP contribution in [-0.4, -0.2) is 47.0 Å². The van der Waals surface area contributed by atoms with E-state index in [0.29, 0.717) is 29.7 Å². The number of amides is 2. The molecule has 3 aromatic carbocycles. The summed E-state index contributed by atoms with van der Waals surface area (Å²) in [5.74, 6) is -0.143. The number of aliphatic hydroxyl groups is 1. The molecule has 44 heavy (non-hydrogen) atoms. The molecule has 4 aromatic rings. The van der Waals surface area contributed by atoms with Crippen molar-refractivity contribution in [2.24, 2.45) is 0 Å². The predicted molar refractivity (Wildman–Crippen MR) is 176 cm³/mol. The molecular formula is C35H41N5O4. The van der Waals surface area contributed by atoms with Crippen LogP contribution in [-0.2, 0) is 16.1 Å². The fourth-order valence-corrected chi connectivity index (χ4v) is 6.04. The smallest absolute Gasteiger partial charge is 0.255 e. The number of anilines is 3. The molecule has 2 atom stereocenters. The molecule has 0 saturated carbocycles. The average molecular weight is 596 g/mol. The van der Waals surface area contributed by atoms with Crippen molar-refractivity contribution in [3.63, 3.8) is 0 Å². The SMILES string of the molecule is Cc1cc([C@@H](Nc2ccc3cc[nH]c(=O)c3c2)C(=O)N(C)Cc2cc(N)ccc2N2CCCCCC2=O)ccc1[C@@H](C)CO. The lowest BCUT2D eigenvalue weighted by Gasteiger charge is -2.29. The second kappa shape index (κ2) is 13.3. The minimum atomic E-state index is -0.776. The van der Waals surface area contributed by atoms with Gasteiger partial charge in [-0.05, 0) is 83.8 Å². The molecule has 9 heteroatoms. The lowest BCUT2D eigenvalue weighted by atomic mass is 9.93. The summed E-state index contributed by atoms with van der Waals surface area (Å²) in [6.45, 7) is 4.84. The fourth-order valence-electron chi connectivity index (χ4n) is 6.04. The molecule has 1 aromatic heterocycles. The summed E-state index contributed by atoms with van der Waals surface area (Å²) in [4.78, 5) is 46.0. The third-order valence-corrected chi connectivity index (χ3v) is 8.52. The first-order chi connectivity index (χ1) is 21.2. The summed E-state index contributed by atoms with van der Waals surface area (Å²) in [5.41, 5.74) is 11.5. The van der Waals surface area contributed by atoms with E-state index in [2.05, 4.69) is 10.3 Å². The first-order valence-corrected chi connectivity index (χ1v) is 15.2. The number of hydrogen-bond donors (Lipinski definition) is 4. The van der Waals surface area contributed by atoms with E-state index < -0.39 is 6.04 Å². The van der Waals surface area contributed by atoms with Crippen LogP contribution in [0.3, 0.4) is 0 Å². The number of nitrogens with zero attached hydrogens (tertiary/aromatic N) is 2. The predicted octanol–water partition coefficient (Wildman–Crippen LogP) is 5.23. The monoisotopic (exact) mass is 595 g/mol. The molecule has 9 nitrogen and oxygen atoms in total. The average Bonchev–Trinajstić information content (AvgIpc) is 3.23. The van der Waals surface area contributed by atoms with Gasteiger partial charge < -0.3 is 30.9 Å². The van der Waals surface area contributed by atoms with Gasteiger partial charge in [-0.25, -0.2) is 0 Å². The van der Waals surface area contributed by atoms with E-state index >= 15 is 0 Å². The molecule has 5 rings (SSSR count). The number of rotatable bonds is 9. The van der Waals surface area contributed by atoms with E-state index in [1.165, 1.54) is 0 Å². The molecule has 230 valence electrons. The number of fused-ring (bicyclic) bond motifs is 1. The van der Waals surface area contributed by atoms with Crippen LogP contribution in [0.25, 0.3) is 10.8 Å². The standard InChI is InChI=1S/C35H41N5O4/c1-22-17-25(9-12-29(22)23(2)21-41)33(38-28-11-8-24-14-15-37-34(43)30(24)19-28)35(44)39(3)20-26-18-27(36)10-13-31(26)40-16-6-4-5-7-32(40)42/h8-15,17-19,23,33,38,41H,4-7,16,20-21,36H2,1-3H3,(H,37,43)/t23-,33+/m0/s1. The van der Waals surface area contributed by atoms with Gasteiger partial charge in [-0.1, -0.05) is 37.6 Å². The Morgan fingerprint density at radius 3 is 2.66 bits per heavy atom. The summed E-state index contributed by atoms with van der Waals surface area (Å²) < 4.78 is 0.